The molecule has 0 spiro atoms. The standard InChI is InChI=1S/C16H17N3O4/c20-15-6-2-8-17(15)14(18-9-3-7-16(18)21)11-12-4-1-5-13(10-12)19(22)23/h1,4-5,10-11H,2-3,6-9H2. The van der Waals surface area contributed by atoms with Crippen molar-refractivity contribution in [2.45, 2.75) is 25.7 Å². The van der Waals surface area contributed by atoms with Crippen LogP contribution in [0.2, 0.25) is 0 Å². The summed E-state index contributed by atoms with van der Waals surface area (Å²) in [5, 5.41) is 10.9. The lowest BCUT2D eigenvalue weighted by molar-refractivity contribution is -0.384. The van der Waals surface area contributed by atoms with E-state index in [-0.39, 0.29) is 17.5 Å². The zero-order chi connectivity index (χ0) is 16.4. The van der Waals surface area contributed by atoms with Crippen LogP contribution in [0.1, 0.15) is 31.2 Å². The summed E-state index contributed by atoms with van der Waals surface area (Å²) >= 11 is 0. The summed E-state index contributed by atoms with van der Waals surface area (Å²) in [6.07, 6.45) is 4.14. The van der Waals surface area contributed by atoms with Crippen molar-refractivity contribution in [3.63, 3.8) is 0 Å². The summed E-state index contributed by atoms with van der Waals surface area (Å²) in [6, 6.07) is 6.19. The maximum Gasteiger partial charge on any atom is 0.270 e. The maximum atomic E-state index is 12.1. The van der Waals surface area contributed by atoms with Crippen LogP contribution in [0.4, 0.5) is 5.69 Å². The molecular formula is C16H17N3O4. The van der Waals surface area contributed by atoms with E-state index >= 15 is 0 Å². The molecule has 2 heterocycles. The normalized spacial score (nSPS) is 17.7. The highest BCUT2D eigenvalue weighted by Crippen LogP contribution is 2.26. The fourth-order valence-electron chi connectivity index (χ4n) is 2.96. The second-order valence-corrected chi connectivity index (χ2v) is 5.65. The molecule has 0 atom stereocenters. The first-order valence-corrected chi connectivity index (χ1v) is 7.63. The van der Waals surface area contributed by atoms with Crippen LogP contribution < -0.4 is 0 Å². The lowest BCUT2D eigenvalue weighted by atomic mass is 10.2. The number of hydrogen-bond donors (Lipinski definition) is 0. The molecule has 0 bridgehead atoms. The quantitative estimate of drug-likeness (QED) is 0.629. The number of carbonyl (C=O) groups is 2. The van der Waals surface area contributed by atoms with Gasteiger partial charge in [-0.3, -0.25) is 29.5 Å². The van der Waals surface area contributed by atoms with E-state index < -0.39 is 4.92 Å². The first-order valence-electron chi connectivity index (χ1n) is 7.63. The number of benzene rings is 1. The van der Waals surface area contributed by atoms with Gasteiger partial charge in [-0.2, -0.15) is 0 Å². The molecule has 2 aliphatic rings. The lowest BCUT2D eigenvalue weighted by Crippen LogP contribution is -2.36. The van der Waals surface area contributed by atoms with Gasteiger partial charge in [-0.05, 0) is 24.5 Å². The van der Waals surface area contributed by atoms with Crippen molar-refractivity contribution < 1.29 is 14.5 Å². The van der Waals surface area contributed by atoms with Gasteiger partial charge >= 0.3 is 0 Å². The van der Waals surface area contributed by atoms with Gasteiger partial charge in [0.15, 0.2) is 0 Å². The van der Waals surface area contributed by atoms with E-state index in [9.17, 15) is 19.7 Å². The molecule has 2 amide bonds. The summed E-state index contributed by atoms with van der Waals surface area (Å²) in [7, 11) is 0. The second-order valence-electron chi connectivity index (χ2n) is 5.65. The lowest BCUT2D eigenvalue weighted by Gasteiger charge is -2.27. The summed E-state index contributed by atoms with van der Waals surface area (Å²) < 4.78 is 0. The molecule has 0 N–H and O–H groups in total. The highest BCUT2D eigenvalue weighted by molar-refractivity contribution is 5.85. The predicted octanol–water partition coefficient (Wildman–Crippen LogP) is 2.14. The highest BCUT2D eigenvalue weighted by atomic mass is 16.6. The second kappa shape index (κ2) is 6.20. The number of amides is 2. The molecule has 0 radical (unpaired) electrons. The Kier molecular flexibility index (Phi) is 4.10. The highest BCUT2D eigenvalue weighted by Gasteiger charge is 2.32. The molecule has 0 saturated carbocycles. The van der Waals surface area contributed by atoms with Gasteiger partial charge < -0.3 is 0 Å². The zero-order valence-corrected chi connectivity index (χ0v) is 12.6. The van der Waals surface area contributed by atoms with Crippen LogP contribution in [0.15, 0.2) is 30.1 Å². The Bertz CT molecular complexity index is 670. The van der Waals surface area contributed by atoms with Crippen molar-refractivity contribution in [2.24, 2.45) is 0 Å². The van der Waals surface area contributed by atoms with E-state index in [1.807, 2.05) is 0 Å². The molecule has 7 nitrogen and oxygen atoms in total. The Balaban J connectivity index is 2.00. The fourth-order valence-corrected chi connectivity index (χ4v) is 2.96. The van der Waals surface area contributed by atoms with Crippen LogP contribution in [0.5, 0.6) is 0 Å². The number of nitrogens with zero attached hydrogens (tertiary/aromatic N) is 3. The summed E-state index contributed by atoms with van der Waals surface area (Å²) in [4.78, 5) is 37.8. The molecule has 1 aromatic carbocycles. The zero-order valence-electron chi connectivity index (χ0n) is 12.6. The molecule has 2 aliphatic heterocycles. The van der Waals surface area contributed by atoms with Crippen LogP contribution in [0.25, 0.3) is 6.08 Å². The van der Waals surface area contributed by atoms with E-state index in [1.54, 1.807) is 28.0 Å². The molecule has 0 aromatic heterocycles. The smallest absolute Gasteiger partial charge is 0.270 e. The fraction of sp³-hybridized carbons (Fsp3) is 0.375. The number of non-ortho nitro benzene ring substituents is 1. The van der Waals surface area contributed by atoms with Crippen LogP contribution in [0, 0.1) is 10.1 Å². The Morgan fingerprint density at radius 2 is 1.70 bits per heavy atom. The van der Waals surface area contributed by atoms with Gasteiger partial charge in [-0.15, -0.1) is 0 Å². The molecule has 0 aliphatic carbocycles. The predicted molar refractivity (Wildman–Crippen MR) is 83.0 cm³/mol. The van der Waals surface area contributed by atoms with E-state index in [0.717, 1.165) is 12.8 Å². The van der Waals surface area contributed by atoms with Gasteiger partial charge in [0, 0.05) is 38.1 Å². The van der Waals surface area contributed by atoms with Crippen molar-refractivity contribution >= 4 is 23.6 Å². The average Bonchev–Trinajstić information content (AvgIpc) is 3.14. The van der Waals surface area contributed by atoms with Gasteiger partial charge in [0.1, 0.15) is 5.82 Å². The Hall–Kier alpha value is -2.70. The van der Waals surface area contributed by atoms with Crippen molar-refractivity contribution in [3.05, 3.63) is 45.8 Å². The topological polar surface area (TPSA) is 83.8 Å². The van der Waals surface area contributed by atoms with E-state index in [4.69, 9.17) is 0 Å². The molecule has 120 valence electrons. The molecule has 2 fully saturated rings. The molecule has 2 saturated heterocycles. The van der Waals surface area contributed by atoms with Gasteiger partial charge in [-0.1, -0.05) is 12.1 Å². The molecule has 23 heavy (non-hydrogen) atoms. The van der Waals surface area contributed by atoms with E-state index in [0.29, 0.717) is 37.3 Å². The molecule has 3 rings (SSSR count). The van der Waals surface area contributed by atoms with E-state index in [1.165, 1.54) is 12.1 Å². The summed E-state index contributed by atoms with van der Waals surface area (Å²) in [5.74, 6) is 0.512. The summed E-state index contributed by atoms with van der Waals surface area (Å²) in [6.45, 7) is 1.15. The van der Waals surface area contributed by atoms with Crippen LogP contribution in [0.3, 0.4) is 0 Å². The number of hydrogen-bond acceptors (Lipinski definition) is 4. The largest absolute Gasteiger partial charge is 0.298 e. The maximum absolute atomic E-state index is 12.1. The van der Waals surface area contributed by atoms with Crippen molar-refractivity contribution in [2.75, 3.05) is 13.1 Å². The Morgan fingerprint density at radius 1 is 1.09 bits per heavy atom. The van der Waals surface area contributed by atoms with Gasteiger partial charge in [0.05, 0.1) is 4.92 Å². The third-order valence-corrected chi connectivity index (χ3v) is 4.08. The SMILES string of the molecule is O=C1CCCN1C(=Cc1cccc([N+](=O)[O-])c1)N1CCCC1=O. The van der Waals surface area contributed by atoms with Gasteiger partial charge in [-0.25, -0.2) is 0 Å². The van der Waals surface area contributed by atoms with Gasteiger partial charge in [0.2, 0.25) is 11.8 Å². The minimum atomic E-state index is -0.459. The third-order valence-electron chi connectivity index (χ3n) is 4.08. The number of nitro groups is 1. The first kappa shape index (κ1) is 15.2. The van der Waals surface area contributed by atoms with Crippen LogP contribution in [-0.2, 0) is 9.59 Å². The molecular weight excluding hydrogens is 298 g/mol. The Labute approximate surface area is 133 Å². The monoisotopic (exact) mass is 315 g/mol. The Morgan fingerprint density at radius 3 is 2.17 bits per heavy atom. The van der Waals surface area contributed by atoms with Gasteiger partial charge in [0.25, 0.3) is 5.69 Å². The third kappa shape index (κ3) is 3.08. The summed E-state index contributed by atoms with van der Waals surface area (Å²) in [5.41, 5.74) is 0.590. The number of nitro benzene ring substituents is 1. The van der Waals surface area contributed by atoms with Crippen molar-refractivity contribution in [1.82, 2.24) is 9.80 Å². The number of rotatable bonds is 4. The molecule has 0 unspecified atom stereocenters. The van der Waals surface area contributed by atoms with Crippen molar-refractivity contribution in [3.8, 4) is 0 Å². The minimum absolute atomic E-state index is 0.0126. The number of likely N-dealkylation sites (tertiary alicyclic amines) is 2. The minimum Gasteiger partial charge on any atom is -0.298 e. The average molecular weight is 315 g/mol. The van der Waals surface area contributed by atoms with Crippen LogP contribution >= 0.6 is 0 Å². The van der Waals surface area contributed by atoms with E-state index in [2.05, 4.69) is 0 Å². The number of carbonyl (C=O) groups excluding carboxylic acids is 2. The molecule has 7 heteroatoms. The van der Waals surface area contributed by atoms with Crippen LogP contribution in [-0.4, -0.2) is 39.6 Å². The van der Waals surface area contributed by atoms with Crippen molar-refractivity contribution in [1.29, 1.82) is 0 Å². The first-order chi connectivity index (χ1) is 11.1. The molecule has 1 aromatic rings.